The number of fused-ring (bicyclic) bond motifs is 1. The molecular weight excluding hydrogens is 368 g/mol. The van der Waals surface area contributed by atoms with Crippen molar-refractivity contribution in [2.75, 3.05) is 19.1 Å². The lowest BCUT2D eigenvalue weighted by Gasteiger charge is -2.09. The molecule has 0 unspecified atom stereocenters. The second-order valence-electron chi connectivity index (χ2n) is 6.05. The third kappa shape index (κ3) is 2.98. The first kappa shape index (κ1) is 16.8. The molecule has 3 aromatic rings. The zero-order valence-corrected chi connectivity index (χ0v) is 15.8. The van der Waals surface area contributed by atoms with E-state index in [1.54, 1.807) is 18.3 Å². The second kappa shape index (κ2) is 6.55. The van der Waals surface area contributed by atoms with Gasteiger partial charge >= 0.3 is 0 Å². The minimum absolute atomic E-state index is 0.201. The molecule has 0 fully saturated rings. The zero-order chi connectivity index (χ0) is 18.3. The largest absolute Gasteiger partial charge is 0.383 e. The molecule has 0 saturated heterocycles. The molecule has 26 heavy (non-hydrogen) atoms. The number of nitrogens with zero attached hydrogens (tertiary/aromatic N) is 4. The van der Waals surface area contributed by atoms with Gasteiger partial charge in [0.05, 0.1) is 15.8 Å². The number of benzene rings is 2. The summed E-state index contributed by atoms with van der Waals surface area (Å²) in [5, 5.41) is 7.10. The van der Waals surface area contributed by atoms with Gasteiger partial charge in [-0.15, -0.1) is 0 Å². The first-order chi connectivity index (χ1) is 12.5. The first-order valence-electron chi connectivity index (χ1n) is 7.96. The second-order valence-corrected chi connectivity index (χ2v) is 7.49. The standard InChI is InChI=1S/C19H15ClN4OS/c1-23(2)11-14-17(12-6-5-7-13(20)10-12)22-24(18(14)25)19-21-15-8-3-4-9-16(15)26-19/h3-11H,1-2H3/b14-11+. The quantitative estimate of drug-likeness (QED) is 0.639. The smallest absolute Gasteiger partial charge is 0.284 e. The molecule has 4 rings (SSSR count). The summed E-state index contributed by atoms with van der Waals surface area (Å²) in [5.41, 5.74) is 2.74. The SMILES string of the molecule is CN(C)/C=C1/C(=O)N(c2nc3ccccc3s2)N=C1c1cccc(Cl)c1. The molecule has 2 aromatic carbocycles. The van der Waals surface area contributed by atoms with Crippen molar-refractivity contribution in [3.8, 4) is 0 Å². The molecule has 0 bridgehead atoms. The molecule has 0 spiro atoms. The predicted molar refractivity (Wildman–Crippen MR) is 107 cm³/mol. The number of hydrogen-bond donors (Lipinski definition) is 0. The number of carbonyl (C=O) groups is 1. The van der Waals surface area contributed by atoms with Crippen LogP contribution in [0.4, 0.5) is 5.13 Å². The number of hydrogen-bond acceptors (Lipinski definition) is 5. The van der Waals surface area contributed by atoms with Crippen LogP contribution < -0.4 is 5.01 Å². The number of hydrazone groups is 1. The van der Waals surface area contributed by atoms with Gasteiger partial charge in [-0.1, -0.05) is 47.2 Å². The monoisotopic (exact) mass is 382 g/mol. The Bertz CT molecular complexity index is 1040. The maximum atomic E-state index is 13.0. The molecule has 1 aromatic heterocycles. The molecule has 0 N–H and O–H groups in total. The Morgan fingerprint density at radius 1 is 1.15 bits per heavy atom. The van der Waals surface area contributed by atoms with E-state index in [1.165, 1.54) is 16.3 Å². The normalized spacial score (nSPS) is 15.8. The van der Waals surface area contributed by atoms with Crippen molar-refractivity contribution >= 4 is 49.9 Å². The average molecular weight is 383 g/mol. The number of para-hydroxylation sites is 1. The molecule has 0 radical (unpaired) electrons. The topological polar surface area (TPSA) is 48.8 Å². The van der Waals surface area contributed by atoms with Crippen LogP contribution in [0.2, 0.25) is 5.02 Å². The summed E-state index contributed by atoms with van der Waals surface area (Å²) in [4.78, 5) is 19.4. The average Bonchev–Trinajstić information content (AvgIpc) is 3.16. The molecule has 1 aliphatic heterocycles. The summed E-state index contributed by atoms with van der Waals surface area (Å²) in [6.07, 6.45) is 1.77. The Morgan fingerprint density at radius 3 is 2.69 bits per heavy atom. The highest BCUT2D eigenvalue weighted by atomic mass is 35.5. The van der Waals surface area contributed by atoms with Crippen molar-refractivity contribution in [1.29, 1.82) is 0 Å². The number of carbonyl (C=O) groups excluding carboxylic acids is 1. The van der Waals surface area contributed by atoms with Gasteiger partial charge in [0, 0.05) is 30.9 Å². The van der Waals surface area contributed by atoms with Gasteiger partial charge < -0.3 is 4.90 Å². The summed E-state index contributed by atoms with van der Waals surface area (Å²) >= 11 is 7.57. The molecule has 130 valence electrons. The number of thiazole rings is 1. The van der Waals surface area contributed by atoms with E-state index in [0.29, 0.717) is 21.4 Å². The summed E-state index contributed by atoms with van der Waals surface area (Å²) in [5.74, 6) is -0.201. The van der Waals surface area contributed by atoms with Crippen LogP contribution >= 0.6 is 22.9 Å². The number of anilines is 1. The van der Waals surface area contributed by atoms with Crippen LogP contribution in [0, 0.1) is 0 Å². The van der Waals surface area contributed by atoms with Gasteiger partial charge in [0.25, 0.3) is 5.91 Å². The predicted octanol–water partition coefficient (Wildman–Crippen LogP) is 4.15. The Balaban J connectivity index is 1.84. The molecule has 1 amide bonds. The third-order valence-electron chi connectivity index (χ3n) is 3.83. The summed E-state index contributed by atoms with van der Waals surface area (Å²) < 4.78 is 1.01. The van der Waals surface area contributed by atoms with Crippen molar-refractivity contribution < 1.29 is 4.79 Å². The van der Waals surface area contributed by atoms with E-state index in [2.05, 4.69) is 10.1 Å². The van der Waals surface area contributed by atoms with Gasteiger partial charge in [-0.25, -0.2) is 4.98 Å². The fourth-order valence-corrected chi connectivity index (χ4v) is 3.82. The lowest BCUT2D eigenvalue weighted by molar-refractivity contribution is -0.114. The van der Waals surface area contributed by atoms with Crippen LogP contribution in [0.5, 0.6) is 0 Å². The van der Waals surface area contributed by atoms with E-state index < -0.39 is 0 Å². The fourth-order valence-electron chi connectivity index (χ4n) is 2.72. The molecule has 1 aliphatic rings. The van der Waals surface area contributed by atoms with Crippen LogP contribution in [-0.2, 0) is 4.79 Å². The summed E-state index contributed by atoms with van der Waals surface area (Å²) in [7, 11) is 3.74. The number of amides is 1. The highest BCUT2D eigenvalue weighted by Crippen LogP contribution is 2.33. The van der Waals surface area contributed by atoms with E-state index in [-0.39, 0.29) is 5.91 Å². The van der Waals surface area contributed by atoms with Gasteiger partial charge in [0.15, 0.2) is 0 Å². The van der Waals surface area contributed by atoms with Crippen molar-refractivity contribution in [2.24, 2.45) is 5.10 Å². The Hall–Kier alpha value is -2.70. The summed E-state index contributed by atoms with van der Waals surface area (Å²) in [6.45, 7) is 0. The molecule has 0 saturated carbocycles. The Morgan fingerprint density at radius 2 is 1.96 bits per heavy atom. The maximum Gasteiger partial charge on any atom is 0.284 e. The molecule has 0 aliphatic carbocycles. The fraction of sp³-hybridized carbons (Fsp3) is 0.105. The first-order valence-corrected chi connectivity index (χ1v) is 9.15. The van der Waals surface area contributed by atoms with Gasteiger partial charge in [0.1, 0.15) is 5.71 Å². The van der Waals surface area contributed by atoms with E-state index in [4.69, 9.17) is 11.6 Å². The molecule has 0 atom stereocenters. The van der Waals surface area contributed by atoms with Crippen LogP contribution in [-0.4, -0.2) is 35.6 Å². The van der Waals surface area contributed by atoms with E-state index in [9.17, 15) is 4.79 Å². The highest BCUT2D eigenvalue weighted by Gasteiger charge is 2.34. The lowest BCUT2D eigenvalue weighted by Crippen LogP contribution is -2.22. The van der Waals surface area contributed by atoms with E-state index in [1.807, 2.05) is 55.4 Å². The maximum absolute atomic E-state index is 13.0. The summed E-state index contributed by atoms with van der Waals surface area (Å²) in [6, 6.07) is 15.1. The number of aromatic nitrogens is 1. The van der Waals surface area contributed by atoms with E-state index >= 15 is 0 Å². The molecule has 5 nitrogen and oxygen atoms in total. The van der Waals surface area contributed by atoms with Gasteiger partial charge in [-0.3, -0.25) is 4.79 Å². The Kier molecular flexibility index (Phi) is 4.22. The Labute approximate surface area is 159 Å². The van der Waals surface area contributed by atoms with Crippen LogP contribution in [0.25, 0.3) is 10.2 Å². The van der Waals surface area contributed by atoms with Crippen molar-refractivity contribution in [1.82, 2.24) is 9.88 Å². The van der Waals surface area contributed by atoms with Crippen molar-refractivity contribution in [3.05, 3.63) is 70.9 Å². The van der Waals surface area contributed by atoms with Crippen LogP contribution in [0.1, 0.15) is 5.56 Å². The van der Waals surface area contributed by atoms with Crippen molar-refractivity contribution in [3.63, 3.8) is 0 Å². The third-order valence-corrected chi connectivity index (χ3v) is 5.07. The number of rotatable bonds is 3. The molecule has 7 heteroatoms. The molecular formula is C19H15ClN4OS. The minimum Gasteiger partial charge on any atom is -0.383 e. The van der Waals surface area contributed by atoms with Gasteiger partial charge in [-0.05, 0) is 24.3 Å². The zero-order valence-electron chi connectivity index (χ0n) is 14.2. The number of halogens is 1. The van der Waals surface area contributed by atoms with Crippen molar-refractivity contribution in [2.45, 2.75) is 0 Å². The highest BCUT2D eigenvalue weighted by molar-refractivity contribution is 7.22. The van der Waals surface area contributed by atoms with Crippen LogP contribution in [0.3, 0.4) is 0 Å². The van der Waals surface area contributed by atoms with Gasteiger partial charge in [0.2, 0.25) is 5.13 Å². The minimum atomic E-state index is -0.201. The van der Waals surface area contributed by atoms with E-state index in [0.717, 1.165) is 15.8 Å². The van der Waals surface area contributed by atoms with Gasteiger partial charge in [-0.2, -0.15) is 10.1 Å². The lowest BCUT2D eigenvalue weighted by atomic mass is 10.0. The molecule has 2 heterocycles. The van der Waals surface area contributed by atoms with Crippen LogP contribution in [0.15, 0.2) is 65.4 Å².